The van der Waals surface area contributed by atoms with Gasteiger partial charge in [0, 0.05) is 0 Å². The first kappa shape index (κ1) is 8.20. The molecule has 0 aliphatic heterocycles. The van der Waals surface area contributed by atoms with E-state index in [1.807, 2.05) is 0 Å². The summed E-state index contributed by atoms with van der Waals surface area (Å²) in [5, 5.41) is 2.76. The van der Waals surface area contributed by atoms with Crippen molar-refractivity contribution in [1.82, 2.24) is 5.32 Å². The van der Waals surface area contributed by atoms with Crippen molar-refractivity contribution in [2.24, 2.45) is 0 Å². The van der Waals surface area contributed by atoms with E-state index in [0.29, 0.717) is 0 Å². The van der Waals surface area contributed by atoms with E-state index in [2.05, 4.69) is 12.2 Å². The SMILES string of the molecule is CC[I-]CNC(C)=O. The molecule has 0 unspecified atom stereocenters. The number of nitrogens with one attached hydrogen (secondary N) is 1. The summed E-state index contributed by atoms with van der Waals surface area (Å²) >= 11 is 0.262. The van der Waals surface area contributed by atoms with Gasteiger partial charge in [0.05, 0.1) is 0 Å². The van der Waals surface area contributed by atoms with Crippen molar-refractivity contribution in [3.63, 3.8) is 0 Å². The van der Waals surface area contributed by atoms with Crippen molar-refractivity contribution in [3.05, 3.63) is 0 Å². The van der Waals surface area contributed by atoms with E-state index in [1.54, 1.807) is 6.92 Å². The first-order chi connectivity index (χ1) is 3.77. The zero-order valence-electron chi connectivity index (χ0n) is 5.20. The van der Waals surface area contributed by atoms with Gasteiger partial charge in [0.25, 0.3) is 0 Å². The normalized spacial score (nSPS) is 9.25. The monoisotopic (exact) mass is 228 g/mol. The van der Waals surface area contributed by atoms with Crippen LogP contribution >= 0.6 is 0 Å². The Labute approximate surface area is 60.3 Å². The van der Waals surface area contributed by atoms with E-state index < -0.39 is 0 Å². The molecule has 0 atom stereocenters. The molecule has 0 fully saturated rings. The predicted octanol–water partition coefficient (Wildman–Crippen LogP) is -2.81. The fraction of sp³-hybridized carbons (Fsp3) is 0.800. The van der Waals surface area contributed by atoms with Gasteiger partial charge < -0.3 is 0 Å². The molecule has 0 rings (SSSR count). The number of hydrogen-bond acceptors (Lipinski definition) is 1. The van der Waals surface area contributed by atoms with Crippen LogP contribution in [0.2, 0.25) is 0 Å². The van der Waals surface area contributed by atoms with Crippen LogP contribution in [-0.2, 0) is 4.79 Å². The zero-order valence-corrected chi connectivity index (χ0v) is 7.36. The summed E-state index contributed by atoms with van der Waals surface area (Å²) in [6.45, 7) is 3.70. The molecule has 0 aromatic rings. The first-order valence-electron chi connectivity index (χ1n) is 2.55. The summed E-state index contributed by atoms with van der Waals surface area (Å²) in [7, 11) is 0. The second-order valence-corrected chi connectivity index (χ2v) is 4.69. The minimum absolute atomic E-state index is 0.0955. The van der Waals surface area contributed by atoms with Crippen LogP contribution in [0, 0.1) is 0 Å². The molecule has 0 bridgehead atoms. The Morgan fingerprint density at radius 1 is 1.75 bits per heavy atom. The Bertz CT molecular complexity index is 74.8. The van der Waals surface area contributed by atoms with Crippen LogP contribution in [0.4, 0.5) is 0 Å². The second kappa shape index (κ2) is 5.34. The molecular weight excluding hydrogens is 217 g/mol. The van der Waals surface area contributed by atoms with E-state index in [1.165, 1.54) is 4.43 Å². The third kappa shape index (κ3) is 6.20. The number of amides is 1. The van der Waals surface area contributed by atoms with Crippen LogP contribution in [0.15, 0.2) is 0 Å². The molecule has 0 saturated carbocycles. The van der Waals surface area contributed by atoms with Crippen molar-refractivity contribution < 1.29 is 26.0 Å². The van der Waals surface area contributed by atoms with Crippen LogP contribution in [0.3, 0.4) is 0 Å². The molecule has 3 heteroatoms. The Kier molecular flexibility index (Phi) is 5.47. The maximum atomic E-state index is 10.2. The van der Waals surface area contributed by atoms with Crippen LogP contribution in [-0.4, -0.2) is 14.9 Å². The van der Waals surface area contributed by atoms with Gasteiger partial charge in [-0.2, -0.15) is 0 Å². The van der Waals surface area contributed by atoms with Gasteiger partial charge in [-0.25, -0.2) is 0 Å². The Morgan fingerprint density at radius 3 is 2.75 bits per heavy atom. The van der Waals surface area contributed by atoms with Crippen LogP contribution in [0.25, 0.3) is 0 Å². The minimum atomic E-state index is 0.0955. The third-order valence-electron chi connectivity index (χ3n) is 0.599. The number of carbonyl (C=O) groups excluding carboxylic acids is 1. The van der Waals surface area contributed by atoms with Crippen molar-refractivity contribution in [1.29, 1.82) is 0 Å². The molecule has 50 valence electrons. The van der Waals surface area contributed by atoms with Gasteiger partial charge in [-0.05, 0) is 0 Å². The van der Waals surface area contributed by atoms with Gasteiger partial charge in [-0.1, -0.05) is 0 Å². The summed E-state index contributed by atoms with van der Waals surface area (Å²) < 4.78 is 2.18. The van der Waals surface area contributed by atoms with Crippen LogP contribution in [0.5, 0.6) is 0 Å². The Morgan fingerprint density at radius 2 is 2.38 bits per heavy atom. The van der Waals surface area contributed by atoms with Crippen molar-refractivity contribution in [3.8, 4) is 0 Å². The molecule has 0 aliphatic rings. The topological polar surface area (TPSA) is 29.1 Å². The number of alkyl halides is 2. The van der Waals surface area contributed by atoms with E-state index in [0.717, 1.165) is 4.55 Å². The summed E-state index contributed by atoms with van der Waals surface area (Å²) in [6.07, 6.45) is 0. The van der Waals surface area contributed by atoms with Crippen LogP contribution in [0.1, 0.15) is 13.8 Å². The molecular formula is C5H11INO-. The fourth-order valence-electron chi connectivity index (χ4n) is 0.236. The van der Waals surface area contributed by atoms with Gasteiger partial charge >= 0.3 is 60.1 Å². The van der Waals surface area contributed by atoms with Gasteiger partial charge in [0.1, 0.15) is 0 Å². The summed E-state index contributed by atoms with van der Waals surface area (Å²) in [6, 6.07) is 0. The molecule has 0 saturated heterocycles. The average molecular weight is 228 g/mol. The van der Waals surface area contributed by atoms with Gasteiger partial charge in [-0.15, -0.1) is 0 Å². The number of halogens is 1. The second-order valence-electron chi connectivity index (χ2n) is 1.32. The molecule has 1 N–H and O–H groups in total. The third-order valence-corrected chi connectivity index (χ3v) is 2.60. The van der Waals surface area contributed by atoms with E-state index in [4.69, 9.17) is 0 Å². The predicted molar refractivity (Wildman–Crippen MR) is 29.2 cm³/mol. The van der Waals surface area contributed by atoms with E-state index >= 15 is 0 Å². The number of rotatable bonds is 3. The fourth-order valence-corrected chi connectivity index (χ4v) is 1.58. The molecule has 0 spiro atoms. The van der Waals surface area contributed by atoms with E-state index in [-0.39, 0.29) is 27.1 Å². The average Bonchev–Trinajstić information content (AvgIpc) is 1.66. The maximum absolute atomic E-state index is 10.2. The quantitative estimate of drug-likeness (QED) is 0.240. The number of carbonyl (C=O) groups is 1. The summed E-state index contributed by atoms with van der Waals surface area (Å²) in [5.41, 5.74) is 0. The Hall–Kier alpha value is 0.200. The van der Waals surface area contributed by atoms with E-state index in [9.17, 15) is 4.79 Å². The van der Waals surface area contributed by atoms with Crippen LogP contribution < -0.4 is 26.5 Å². The summed E-state index contributed by atoms with van der Waals surface area (Å²) in [5.74, 6) is 0.0955. The summed E-state index contributed by atoms with van der Waals surface area (Å²) in [4.78, 5) is 10.2. The molecule has 0 aromatic heterocycles. The standard InChI is InChI=1S/C5H11INO/c1-3-6-4-7-5(2)8/h3-4H2,1-2H3,(H,7,8)/q-1. The molecule has 1 amide bonds. The zero-order chi connectivity index (χ0) is 6.41. The molecule has 0 radical (unpaired) electrons. The molecule has 0 aromatic carbocycles. The molecule has 0 heterocycles. The van der Waals surface area contributed by atoms with Crippen molar-refractivity contribution in [2.45, 2.75) is 13.8 Å². The van der Waals surface area contributed by atoms with Gasteiger partial charge in [-0.3, -0.25) is 0 Å². The molecule has 0 aliphatic carbocycles. The molecule has 8 heavy (non-hydrogen) atoms. The first-order valence-corrected chi connectivity index (χ1v) is 5.60. The Balaban J connectivity index is 2.82. The van der Waals surface area contributed by atoms with Crippen molar-refractivity contribution >= 4 is 5.91 Å². The van der Waals surface area contributed by atoms with Gasteiger partial charge in [0.15, 0.2) is 0 Å². The number of hydrogen-bond donors (Lipinski definition) is 1. The van der Waals surface area contributed by atoms with Gasteiger partial charge in [0.2, 0.25) is 0 Å². The molecule has 2 nitrogen and oxygen atoms in total. The van der Waals surface area contributed by atoms with Crippen molar-refractivity contribution in [2.75, 3.05) is 8.98 Å².